The van der Waals surface area contributed by atoms with Gasteiger partial charge in [-0.05, 0) is 42.8 Å². The Kier molecular flexibility index (Phi) is 6.15. The number of anilines is 1. The summed E-state index contributed by atoms with van der Waals surface area (Å²) in [7, 11) is 1.87. The van der Waals surface area contributed by atoms with Crippen molar-refractivity contribution in [2.45, 2.75) is 18.5 Å². The molecule has 1 N–H and O–H groups in total. The van der Waals surface area contributed by atoms with Crippen molar-refractivity contribution in [3.8, 4) is 22.9 Å². The van der Waals surface area contributed by atoms with Crippen LogP contribution >= 0.6 is 23.4 Å². The summed E-state index contributed by atoms with van der Waals surface area (Å²) in [5, 5.41) is 12.7. The lowest BCUT2D eigenvalue weighted by molar-refractivity contribution is -0.113. The zero-order valence-electron chi connectivity index (χ0n) is 16.6. The van der Waals surface area contributed by atoms with Crippen molar-refractivity contribution < 1.29 is 14.3 Å². The molecule has 30 heavy (non-hydrogen) atoms. The highest BCUT2D eigenvalue weighted by Crippen LogP contribution is 2.34. The van der Waals surface area contributed by atoms with Crippen LogP contribution in [0.4, 0.5) is 5.69 Å². The van der Waals surface area contributed by atoms with Gasteiger partial charge in [-0.25, -0.2) is 0 Å². The van der Waals surface area contributed by atoms with Crippen LogP contribution in [-0.4, -0.2) is 39.6 Å². The van der Waals surface area contributed by atoms with Gasteiger partial charge in [-0.15, -0.1) is 10.2 Å². The number of hydrogen-bond donors (Lipinski definition) is 1. The van der Waals surface area contributed by atoms with Crippen molar-refractivity contribution in [2.75, 3.05) is 24.3 Å². The first-order chi connectivity index (χ1) is 14.5. The van der Waals surface area contributed by atoms with Gasteiger partial charge in [0.05, 0.1) is 19.0 Å². The van der Waals surface area contributed by atoms with E-state index in [1.807, 2.05) is 48.9 Å². The van der Waals surface area contributed by atoms with Crippen LogP contribution < -0.4 is 14.8 Å². The molecule has 7 nitrogen and oxygen atoms in total. The van der Waals surface area contributed by atoms with Crippen molar-refractivity contribution in [3.05, 3.63) is 47.0 Å². The van der Waals surface area contributed by atoms with Crippen molar-refractivity contribution in [1.82, 2.24) is 14.8 Å². The lowest BCUT2D eigenvalue weighted by Crippen LogP contribution is -2.15. The molecule has 0 aliphatic carbocycles. The predicted octanol–water partition coefficient (Wildman–Crippen LogP) is 4.34. The van der Waals surface area contributed by atoms with Crippen LogP contribution in [0.25, 0.3) is 11.4 Å². The number of nitrogens with one attached hydrogen (secondary N) is 1. The zero-order valence-corrected chi connectivity index (χ0v) is 18.2. The molecule has 0 radical (unpaired) electrons. The number of ether oxygens (including phenoxy) is 2. The molecule has 3 aromatic rings. The fourth-order valence-corrected chi connectivity index (χ4v) is 3.94. The maximum absolute atomic E-state index is 12.4. The van der Waals surface area contributed by atoms with Gasteiger partial charge in [0, 0.05) is 29.7 Å². The third kappa shape index (κ3) is 4.39. The van der Waals surface area contributed by atoms with E-state index in [0.29, 0.717) is 40.7 Å². The molecule has 0 bridgehead atoms. The molecule has 0 atom stereocenters. The molecule has 1 aromatic heterocycles. The van der Waals surface area contributed by atoms with E-state index in [4.69, 9.17) is 21.1 Å². The Labute approximate surface area is 183 Å². The lowest BCUT2D eigenvalue weighted by atomic mass is 10.2. The lowest BCUT2D eigenvalue weighted by Gasteiger charge is -2.10. The Morgan fingerprint density at radius 2 is 2.00 bits per heavy atom. The van der Waals surface area contributed by atoms with Crippen LogP contribution in [0, 0.1) is 6.92 Å². The van der Waals surface area contributed by atoms with Crippen LogP contribution in [0.3, 0.4) is 0 Å². The molecule has 2 aromatic carbocycles. The Balaban J connectivity index is 1.44. The molecule has 0 spiro atoms. The Bertz CT molecular complexity index is 1090. The molecule has 0 saturated heterocycles. The first-order valence-corrected chi connectivity index (χ1v) is 10.9. The van der Waals surface area contributed by atoms with Gasteiger partial charge in [0.2, 0.25) is 5.91 Å². The molecule has 0 fully saturated rings. The maximum atomic E-state index is 12.4. The average molecular weight is 445 g/mol. The van der Waals surface area contributed by atoms with Gasteiger partial charge in [-0.3, -0.25) is 4.79 Å². The van der Waals surface area contributed by atoms with Gasteiger partial charge in [-0.2, -0.15) is 0 Å². The van der Waals surface area contributed by atoms with Crippen LogP contribution in [-0.2, 0) is 11.8 Å². The Morgan fingerprint density at radius 3 is 2.83 bits per heavy atom. The fourth-order valence-electron chi connectivity index (χ4n) is 3.05. The minimum Gasteiger partial charge on any atom is -0.490 e. The van der Waals surface area contributed by atoms with Crippen molar-refractivity contribution in [2.24, 2.45) is 7.05 Å². The minimum atomic E-state index is -0.134. The maximum Gasteiger partial charge on any atom is 0.234 e. The first-order valence-electron chi connectivity index (χ1n) is 9.50. The highest BCUT2D eigenvalue weighted by atomic mass is 35.5. The molecule has 1 aliphatic heterocycles. The summed E-state index contributed by atoms with van der Waals surface area (Å²) in [6.45, 7) is 3.14. The molecule has 4 rings (SSSR count). The molecular formula is C21H21ClN4O3S. The van der Waals surface area contributed by atoms with Crippen molar-refractivity contribution in [3.63, 3.8) is 0 Å². The summed E-state index contributed by atoms with van der Waals surface area (Å²) in [5.41, 5.74) is 2.42. The molecule has 156 valence electrons. The summed E-state index contributed by atoms with van der Waals surface area (Å²) in [4.78, 5) is 12.4. The molecule has 2 heterocycles. The van der Waals surface area contributed by atoms with E-state index in [-0.39, 0.29) is 11.7 Å². The van der Waals surface area contributed by atoms with E-state index in [1.54, 1.807) is 6.07 Å². The number of fused-ring (bicyclic) bond motifs is 1. The highest BCUT2D eigenvalue weighted by Gasteiger charge is 2.17. The summed E-state index contributed by atoms with van der Waals surface area (Å²) < 4.78 is 13.3. The van der Waals surface area contributed by atoms with Gasteiger partial charge in [0.15, 0.2) is 22.5 Å². The SMILES string of the molecule is Cc1c(Cl)cccc1NC(=O)CSc1nnc(-c2ccc3c(c2)OCCCO3)n1C. The van der Waals surface area contributed by atoms with E-state index in [1.165, 1.54) is 11.8 Å². The molecule has 0 unspecified atom stereocenters. The number of thioether (sulfide) groups is 1. The van der Waals surface area contributed by atoms with E-state index in [9.17, 15) is 4.79 Å². The number of hydrogen-bond acceptors (Lipinski definition) is 6. The second-order valence-electron chi connectivity index (χ2n) is 6.83. The fraction of sp³-hybridized carbons (Fsp3) is 0.286. The summed E-state index contributed by atoms with van der Waals surface area (Å²) >= 11 is 7.43. The van der Waals surface area contributed by atoms with E-state index >= 15 is 0 Å². The number of carbonyl (C=O) groups is 1. The molecular weight excluding hydrogens is 424 g/mol. The second-order valence-corrected chi connectivity index (χ2v) is 8.18. The first kappa shape index (κ1) is 20.6. The normalized spacial score (nSPS) is 13.0. The molecule has 1 aliphatic rings. The standard InChI is InChI=1S/C21H21ClN4O3S/c1-13-15(22)5-3-6-16(13)23-19(27)12-30-21-25-24-20(26(21)2)14-7-8-17-18(11-14)29-10-4-9-28-17/h3,5-8,11H,4,9-10,12H2,1-2H3,(H,23,27). The quantitative estimate of drug-likeness (QED) is 0.590. The third-order valence-electron chi connectivity index (χ3n) is 4.71. The third-order valence-corrected chi connectivity index (χ3v) is 6.14. The van der Waals surface area contributed by atoms with Gasteiger partial charge < -0.3 is 19.4 Å². The largest absolute Gasteiger partial charge is 0.490 e. The Hall–Kier alpha value is -2.71. The number of aromatic nitrogens is 3. The topological polar surface area (TPSA) is 78.3 Å². The number of benzene rings is 2. The van der Waals surface area contributed by atoms with Gasteiger partial charge in [0.25, 0.3) is 0 Å². The molecule has 9 heteroatoms. The van der Waals surface area contributed by atoms with E-state index < -0.39 is 0 Å². The van der Waals surface area contributed by atoms with Crippen molar-refractivity contribution in [1.29, 1.82) is 0 Å². The smallest absolute Gasteiger partial charge is 0.234 e. The number of amides is 1. The predicted molar refractivity (Wildman–Crippen MR) is 118 cm³/mol. The van der Waals surface area contributed by atoms with Crippen LogP contribution in [0.5, 0.6) is 11.5 Å². The summed E-state index contributed by atoms with van der Waals surface area (Å²) in [5.74, 6) is 2.21. The summed E-state index contributed by atoms with van der Waals surface area (Å²) in [6.07, 6.45) is 0.853. The number of rotatable bonds is 5. The number of nitrogens with zero attached hydrogens (tertiary/aromatic N) is 3. The molecule has 0 saturated carbocycles. The van der Waals surface area contributed by atoms with Crippen molar-refractivity contribution >= 4 is 35.0 Å². The highest BCUT2D eigenvalue weighted by molar-refractivity contribution is 7.99. The number of halogens is 1. The van der Waals surface area contributed by atoms with Crippen LogP contribution in [0.15, 0.2) is 41.6 Å². The van der Waals surface area contributed by atoms with Gasteiger partial charge in [-0.1, -0.05) is 29.4 Å². The Morgan fingerprint density at radius 1 is 1.20 bits per heavy atom. The van der Waals surface area contributed by atoms with Gasteiger partial charge >= 0.3 is 0 Å². The van der Waals surface area contributed by atoms with Gasteiger partial charge in [0.1, 0.15) is 0 Å². The monoisotopic (exact) mass is 444 g/mol. The van der Waals surface area contributed by atoms with Crippen LogP contribution in [0.1, 0.15) is 12.0 Å². The second kappa shape index (κ2) is 8.97. The van der Waals surface area contributed by atoms with Crippen LogP contribution in [0.2, 0.25) is 5.02 Å². The summed E-state index contributed by atoms with van der Waals surface area (Å²) in [6, 6.07) is 11.2. The van der Waals surface area contributed by atoms with E-state index in [2.05, 4.69) is 15.5 Å². The minimum absolute atomic E-state index is 0.134. The average Bonchev–Trinajstić information content (AvgIpc) is 2.95. The molecule has 1 amide bonds. The number of carbonyl (C=O) groups excluding carboxylic acids is 1. The van der Waals surface area contributed by atoms with E-state index in [0.717, 1.165) is 23.3 Å². The zero-order chi connectivity index (χ0) is 21.1.